The van der Waals surface area contributed by atoms with Crippen molar-refractivity contribution >= 4 is 27.5 Å². The summed E-state index contributed by atoms with van der Waals surface area (Å²) in [5.41, 5.74) is 4.14. The Balaban J connectivity index is 1.87. The van der Waals surface area contributed by atoms with Crippen LogP contribution in [0.25, 0.3) is 21.7 Å². The van der Waals surface area contributed by atoms with Gasteiger partial charge in [-0.25, -0.2) is 0 Å². The molecule has 0 aliphatic rings. The van der Waals surface area contributed by atoms with Gasteiger partial charge < -0.3 is 4.57 Å². The number of unbranched alkanes of at least 4 members (excludes halogenated alkanes) is 2. The highest BCUT2D eigenvalue weighted by atomic mass is 16.1. The Labute approximate surface area is 166 Å². The molecule has 0 aliphatic carbocycles. The molecule has 1 aromatic heterocycles. The standard InChI is InChI=1S/C26H27NO/c1-3-5-8-17-27-18-24(22-15-9-12-19(4-2)25(22)27)26(28)23-16-10-13-20-11-6-7-14-21(20)23/h6-7,9-16,18H,3-5,8,17H2,1-2H3. The van der Waals surface area contributed by atoms with Gasteiger partial charge in [-0.1, -0.05) is 87.4 Å². The summed E-state index contributed by atoms with van der Waals surface area (Å²) in [4.78, 5) is 13.6. The summed E-state index contributed by atoms with van der Waals surface area (Å²) in [6, 6.07) is 20.5. The molecule has 0 aliphatic heterocycles. The molecule has 1 heterocycles. The molecule has 2 nitrogen and oxygen atoms in total. The summed E-state index contributed by atoms with van der Waals surface area (Å²) in [5.74, 6) is 0.115. The Morgan fingerprint density at radius 3 is 2.39 bits per heavy atom. The number of carbonyl (C=O) groups is 1. The summed E-state index contributed by atoms with van der Waals surface area (Å²) in [6.45, 7) is 5.37. The van der Waals surface area contributed by atoms with Crippen LogP contribution in [0.5, 0.6) is 0 Å². The topological polar surface area (TPSA) is 22.0 Å². The van der Waals surface area contributed by atoms with E-state index in [2.05, 4.69) is 54.9 Å². The van der Waals surface area contributed by atoms with Crippen molar-refractivity contribution in [2.24, 2.45) is 0 Å². The largest absolute Gasteiger partial charge is 0.346 e. The number of fused-ring (bicyclic) bond motifs is 2. The first-order valence-electron chi connectivity index (χ1n) is 10.4. The summed E-state index contributed by atoms with van der Waals surface area (Å²) in [6.07, 6.45) is 6.60. The van der Waals surface area contributed by atoms with E-state index < -0.39 is 0 Å². The van der Waals surface area contributed by atoms with Crippen LogP contribution in [0.3, 0.4) is 0 Å². The Kier molecular flexibility index (Phi) is 5.29. The Morgan fingerprint density at radius 1 is 0.821 bits per heavy atom. The lowest BCUT2D eigenvalue weighted by molar-refractivity contribution is 0.104. The highest BCUT2D eigenvalue weighted by molar-refractivity contribution is 6.21. The third-order valence-corrected chi connectivity index (χ3v) is 5.64. The van der Waals surface area contributed by atoms with Gasteiger partial charge in [-0.2, -0.15) is 0 Å². The third kappa shape index (κ3) is 3.24. The van der Waals surface area contributed by atoms with Crippen LogP contribution in [0.15, 0.2) is 66.9 Å². The predicted octanol–water partition coefficient (Wildman–Crippen LogP) is 6.78. The average Bonchev–Trinajstić information content (AvgIpc) is 3.12. The van der Waals surface area contributed by atoms with Gasteiger partial charge in [0.1, 0.15) is 0 Å². The normalized spacial score (nSPS) is 11.4. The van der Waals surface area contributed by atoms with E-state index in [0.717, 1.165) is 46.7 Å². The van der Waals surface area contributed by atoms with Crippen molar-refractivity contribution in [1.82, 2.24) is 4.57 Å². The summed E-state index contributed by atoms with van der Waals surface area (Å²) < 4.78 is 2.31. The lowest BCUT2D eigenvalue weighted by Crippen LogP contribution is -2.02. The Bertz CT molecular complexity index is 1130. The van der Waals surface area contributed by atoms with E-state index in [4.69, 9.17) is 0 Å². The molecule has 0 N–H and O–H groups in total. The van der Waals surface area contributed by atoms with E-state index >= 15 is 0 Å². The molecule has 0 atom stereocenters. The predicted molar refractivity (Wildman–Crippen MR) is 118 cm³/mol. The molecule has 4 aromatic rings. The second-order valence-corrected chi connectivity index (χ2v) is 7.47. The third-order valence-electron chi connectivity index (χ3n) is 5.64. The zero-order chi connectivity index (χ0) is 19.5. The number of hydrogen-bond acceptors (Lipinski definition) is 1. The summed E-state index contributed by atoms with van der Waals surface area (Å²) in [7, 11) is 0. The van der Waals surface area contributed by atoms with Crippen LogP contribution >= 0.6 is 0 Å². The molecule has 2 heteroatoms. The van der Waals surface area contributed by atoms with Crippen molar-refractivity contribution in [1.29, 1.82) is 0 Å². The fourth-order valence-electron chi connectivity index (χ4n) is 4.18. The summed E-state index contributed by atoms with van der Waals surface area (Å²) in [5, 5.41) is 3.21. The van der Waals surface area contributed by atoms with Crippen molar-refractivity contribution in [3.05, 3.63) is 83.6 Å². The number of nitrogens with zero attached hydrogens (tertiary/aromatic N) is 1. The van der Waals surface area contributed by atoms with Crippen molar-refractivity contribution < 1.29 is 4.79 Å². The first-order chi connectivity index (χ1) is 13.7. The minimum atomic E-state index is 0.115. The minimum Gasteiger partial charge on any atom is -0.346 e. The first kappa shape index (κ1) is 18.5. The second-order valence-electron chi connectivity index (χ2n) is 7.47. The van der Waals surface area contributed by atoms with Gasteiger partial charge in [0.25, 0.3) is 0 Å². The van der Waals surface area contributed by atoms with Crippen LogP contribution < -0.4 is 0 Å². The van der Waals surface area contributed by atoms with E-state index in [1.807, 2.05) is 30.3 Å². The molecular formula is C26H27NO. The van der Waals surface area contributed by atoms with E-state index in [-0.39, 0.29) is 5.78 Å². The molecule has 0 amide bonds. The molecule has 0 radical (unpaired) electrons. The van der Waals surface area contributed by atoms with Gasteiger partial charge in [0.15, 0.2) is 5.78 Å². The van der Waals surface area contributed by atoms with E-state index in [0.29, 0.717) is 0 Å². The van der Waals surface area contributed by atoms with Gasteiger partial charge >= 0.3 is 0 Å². The second kappa shape index (κ2) is 8.02. The van der Waals surface area contributed by atoms with Gasteiger partial charge in [-0.3, -0.25) is 4.79 Å². The molecule has 142 valence electrons. The van der Waals surface area contributed by atoms with Gasteiger partial charge in [0.05, 0.1) is 5.52 Å². The van der Waals surface area contributed by atoms with Crippen LogP contribution in [0, 0.1) is 0 Å². The number of para-hydroxylation sites is 1. The van der Waals surface area contributed by atoms with Gasteiger partial charge in [-0.15, -0.1) is 0 Å². The first-order valence-corrected chi connectivity index (χ1v) is 10.4. The molecule has 0 saturated heterocycles. The molecule has 4 rings (SSSR count). The maximum Gasteiger partial charge on any atom is 0.195 e. The van der Waals surface area contributed by atoms with Gasteiger partial charge in [0.2, 0.25) is 0 Å². The Hall–Kier alpha value is -2.87. The number of aromatic nitrogens is 1. The average molecular weight is 370 g/mol. The molecule has 0 fully saturated rings. The molecule has 3 aromatic carbocycles. The number of carbonyl (C=O) groups excluding carboxylic acids is 1. The van der Waals surface area contributed by atoms with Crippen LogP contribution in [-0.4, -0.2) is 10.4 Å². The van der Waals surface area contributed by atoms with Crippen molar-refractivity contribution in [2.45, 2.75) is 46.1 Å². The highest BCUT2D eigenvalue weighted by Crippen LogP contribution is 2.30. The lowest BCUT2D eigenvalue weighted by atomic mass is 9.96. The van der Waals surface area contributed by atoms with Crippen LogP contribution in [-0.2, 0) is 13.0 Å². The van der Waals surface area contributed by atoms with Crippen LogP contribution in [0.1, 0.15) is 54.6 Å². The zero-order valence-corrected chi connectivity index (χ0v) is 16.7. The number of benzene rings is 3. The van der Waals surface area contributed by atoms with Gasteiger partial charge in [-0.05, 0) is 29.2 Å². The maximum atomic E-state index is 13.6. The summed E-state index contributed by atoms with van der Waals surface area (Å²) >= 11 is 0. The number of ketones is 1. The highest BCUT2D eigenvalue weighted by Gasteiger charge is 2.19. The smallest absolute Gasteiger partial charge is 0.195 e. The molecule has 0 spiro atoms. The van der Waals surface area contributed by atoms with Crippen molar-refractivity contribution in [2.75, 3.05) is 0 Å². The van der Waals surface area contributed by atoms with Crippen LogP contribution in [0.2, 0.25) is 0 Å². The number of aryl methyl sites for hydroxylation is 2. The minimum absolute atomic E-state index is 0.115. The van der Waals surface area contributed by atoms with Crippen LogP contribution in [0.4, 0.5) is 0 Å². The SMILES string of the molecule is CCCCCn1cc(C(=O)c2cccc3ccccc23)c2cccc(CC)c21. The molecular weight excluding hydrogens is 342 g/mol. The quantitative estimate of drug-likeness (QED) is 0.260. The van der Waals surface area contributed by atoms with Crippen molar-refractivity contribution in [3.8, 4) is 0 Å². The monoisotopic (exact) mass is 369 g/mol. The fraction of sp³-hybridized carbons (Fsp3) is 0.269. The van der Waals surface area contributed by atoms with Crippen molar-refractivity contribution in [3.63, 3.8) is 0 Å². The Morgan fingerprint density at radius 2 is 1.57 bits per heavy atom. The van der Waals surface area contributed by atoms with E-state index in [9.17, 15) is 4.79 Å². The van der Waals surface area contributed by atoms with E-state index in [1.165, 1.54) is 23.9 Å². The molecule has 0 bridgehead atoms. The number of hydrogen-bond donors (Lipinski definition) is 0. The lowest BCUT2D eigenvalue weighted by Gasteiger charge is -2.08. The maximum absolute atomic E-state index is 13.6. The zero-order valence-electron chi connectivity index (χ0n) is 16.7. The number of rotatable bonds is 7. The molecule has 0 saturated carbocycles. The van der Waals surface area contributed by atoms with E-state index in [1.54, 1.807) is 0 Å². The molecule has 28 heavy (non-hydrogen) atoms. The fourth-order valence-corrected chi connectivity index (χ4v) is 4.18. The van der Waals surface area contributed by atoms with Gasteiger partial charge in [0, 0.05) is 29.3 Å². The molecule has 0 unspecified atom stereocenters.